The number of nitrogens with two attached hydrogens (primary N) is 1. The van der Waals surface area contributed by atoms with Gasteiger partial charge in [-0.15, -0.1) is 0 Å². The summed E-state index contributed by atoms with van der Waals surface area (Å²) >= 11 is 0. The topological polar surface area (TPSA) is 60.7 Å². The van der Waals surface area contributed by atoms with Crippen LogP contribution in [-0.2, 0) is 0 Å². The minimum absolute atomic E-state index is 0.764. The van der Waals surface area contributed by atoms with Gasteiger partial charge in [0.2, 0.25) is 0 Å². The molecule has 2 N–H and O–H groups in total. The van der Waals surface area contributed by atoms with Crippen molar-refractivity contribution in [2.24, 2.45) is 10.9 Å². The van der Waals surface area contributed by atoms with Crippen LogP contribution in [0.2, 0.25) is 0 Å². The van der Waals surface area contributed by atoms with Crippen molar-refractivity contribution in [3.05, 3.63) is 0 Å². The van der Waals surface area contributed by atoms with E-state index in [1.165, 1.54) is 0 Å². The standard InChI is InChI=1S/C2H4N3/c3-1-2-5-4/h1-2H,4H2. The maximum atomic E-state index is 7.71. The highest BCUT2D eigenvalue weighted by Gasteiger charge is 1.46. The van der Waals surface area contributed by atoms with E-state index in [1.807, 2.05) is 0 Å². The van der Waals surface area contributed by atoms with E-state index in [0.29, 0.717) is 0 Å². The minimum atomic E-state index is 0.764. The van der Waals surface area contributed by atoms with E-state index < -0.39 is 0 Å². The molecule has 1 radical (unpaired) electrons. The van der Waals surface area contributed by atoms with E-state index in [2.05, 4.69) is 10.9 Å². The monoisotopic (exact) mass is 70.0 g/mol. The highest BCUT2D eigenvalue weighted by atomic mass is 15.1. The van der Waals surface area contributed by atoms with Gasteiger partial charge in [-0.2, -0.15) is 10.5 Å². The molecule has 0 saturated heterocycles. The smallest absolute Gasteiger partial charge is 0.0696 e. The maximum Gasteiger partial charge on any atom is 0.0696 e. The molecular weight excluding hydrogens is 66.0 g/mol. The van der Waals surface area contributed by atoms with Gasteiger partial charge in [0.15, 0.2) is 0 Å². The Bertz CT molecular complexity index is 46.9. The number of nitrogens with zero attached hydrogens (tertiary/aromatic N) is 2. The predicted molar refractivity (Wildman–Crippen MR) is 20.9 cm³/mol. The zero-order chi connectivity index (χ0) is 4.12. The first-order valence-corrected chi connectivity index (χ1v) is 1.11. The van der Waals surface area contributed by atoms with Crippen LogP contribution in [-0.4, -0.2) is 12.4 Å². The number of hydrogen-bond acceptors (Lipinski definition) is 2. The van der Waals surface area contributed by atoms with E-state index in [-0.39, 0.29) is 0 Å². The number of hydrazone groups is 1. The third-order valence-electron chi connectivity index (χ3n) is 0.153. The molecule has 0 atom stereocenters. The Morgan fingerprint density at radius 2 is 2.40 bits per heavy atom. The van der Waals surface area contributed by atoms with Crippen LogP contribution in [0.4, 0.5) is 0 Å². The fourth-order valence-electron chi connectivity index (χ4n) is 0.0385. The molecular formula is C2H4N3. The van der Waals surface area contributed by atoms with Crippen LogP contribution >= 0.6 is 0 Å². The van der Waals surface area contributed by atoms with Crippen molar-refractivity contribution in [1.29, 1.82) is 0 Å². The Morgan fingerprint density at radius 1 is 1.80 bits per heavy atom. The molecule has 3 nitrogen and oxygen atoms in total. The highest BCUT2D eigenvalue weighted by Crippen LogP contribution is 1.28. The average molecular weight is 70.1 g/mol. The lowest BCUT2D eigenvalue weighted by Gasteiger charge is -1.57. The molecule has 0 aliphatic heterocycles. The summed E-state index contributed by atoms with van der Waals surface area (Å²) in [6.45, 7) is 0. The Morgan fingerprint density at radius 3 is 2.40 bits per heavy atom. The van der Waals surface area contributed by atoms with Gasteiger partial charge in [-0.05, 0) is 0 Å². The third kappa shape index (κ3) is 3.14. The van der Waals surface area contributed by atoms with Crippen LogP contribution in [0, 0.1) is 0 Å². The molecule has 0 aromatic rings. The van der Waals surface area contributed by atoms with Crippen molar-refractivity contribution in [2.75, 3.05) is 0 Å². The summed E-state index contributed by atoms with van der Waals surface area (Å²) in [5.74, 6) is 4.52. The summed E-state index contributed by atoms with van der Waals surface area (Å²) in [6.07, 6.45) is 1.85. The summed E-state index contributed by atoms with van der Waals surface area (Å²) in [6, 6.07) is 0. The Balaban J connectivity index is 2.92. The summed E-state index contributed by atoms with van der Waals surface area (Å²) < 4.78 is 0. The fraction of sp³-hybridized carbons (Fsp3) is 0. The quantitative estimate of drug-likeness (QED) is 0.235. The molecule has 0 heterocycles. The first kappa shape index (κ1) is 4.14. The SMILES string of the molecule is [N]=CC=NN. The van der Waals surface area contributed by atoms with Crippen LogP contribution in [0.5, 0.6) is 0 Å². The highest BCUT2D eigenvalue weighted by molar-refractivity contribution is 6.14. The molecule has 0 fully saturated rings. The van der Waals surface area contributed by atoms with Gasteiger partial charge in [0.25, 0.3) is 0 Å². The molecule has 0 aliphatic carbocycles. The van der Waals surface area contributed by atoms with Crippen LogP contribution < -0.4 is 11.3 Å². The summed E-state index contributed by atoms with van der Waals surface area (Å²) in [4.78, 5) is 0. The van der Waals surface area contributed by atoms with E-state index in [0.717, 1.165) is 12.4 Å². The van der Waals surface area contributed by atoms with Crippen molar-refractivity contribution in [1.82, 2.24) is 5.41 Å². The number of rotatable bonds is 1. The van der Waals surface area contributed by atoms with Gasteiger partial charge in [-0.25, -0.2) is 0 Å². The molecule has 3 heteroatoms. The molecule has 0 rings (SSSR count). The Kier molecular flexibility index (Phi) is 2.60. The van der Waals surface area contributed by atoms with Gasteiger partial charge in [-0.3, -0.25) is 0 Å². The zero-order valence-electron chi connectivity index (χ0n) is 2.63. The normalized spacial score (nSPS) is 8.80. The van der Waals surface area contributed by atoms with Crippen LogP contribution in [0.1, 0.15) is 0 Å². The first-order chi connectivity index (χ1) is 2.41. The molecule has 0 saturated carbocycles. The molecule has 27 valence electrons. The Labute approximate surface area is 30.0 Å². The predicted octanol–water partition coefficient (Wildman–Crippen LogP) is -1.20. The molecule has 0 spiro atoms. The summed E-state index contributed by atoms with van der Waals surface area (Å²) in [5, 5.41) is 10.6. The van der Waals surface area contributed by atoms with Gasteiger partial charge in [-0.1, -0.05) is 0 Å². The lowest BCUT2D eigenvalue weighted by atomic mass is 10.8. The van der Waals surface area contributed by atoms with Gasteiger partial charge in [0, 0.05) is 0 Å². The summed E-state index contributed by atoms with van der Waals surface area (Å²) in [5.41, 5.74) is 0. The molecule has 0 bridgehead atoms. The van der Waals surface area contributed by atoms with Crippen molar-refractivity contribution in [3.8, 4) is 0 Å². The largest absolute Gasteiger partial charge is 0.323 e. The fourth-order valence-corrected chi connectivity index (χ4v) is 0.0385. The molecule has 0 aromatic carbocycles. The maximum absolute atomic E-state index is 7.71. The first-order valence-electron chi connectivity index (χ1n) is 1.11. The second-order valence-corrected chi connectivity index (χ2v) is 0.447. The van der Waals surface area contributed by atoms with E-state index in [9.17, 15) is 0 Å². The molecule has 0 unspecified atom stereocenters. The number of hydrogen-bond donors (Lipinski definition) is 1. The second kappa shape index (κ2) is 3.14. The molecule has 0 amide bonds. The Hall–Kier alpha value is -0.860. The van der Waals surface area contributed by atoms with Crippen LogP contribution in [0.25, 0.3) is 0 Å². The van der Waals surface area contributed by atoms with Gasteiger partial charge in [0.1, 0.15) is 0 Å². The van der Waals surface area contributed by atoms with Crippen molar-refractivity contribution in [2.45, 2.75) is 0 Å². The van der Waals surface area contributed by atoms with Crippen molar-refractivity contribution in [3.63, 3.8) is 0 Å². The molecule has 5 heavy (non-hydrogen) atoms. The molecule has 0 aromatic heterocycles. The van der Waals surface area contributed by atoms with Crippen LogP contribution in [0.15, 0.2) is 5.10 Å². The lowest BCUT2D eigenvalue weighted by molar-refractivity contribution is 1.27. The van der Waals surface area contributed by atoms with E-state index in [4.69, 9.17) is 5.41 Å². The van der Waals surface area contributed by atoms with Crippen molar-refractivity contribution >= 4 is 12.4 Å². The van der Waals surface area contributed by atoms with Gasteiger partial charge >= 0.3 is 0 Å². The van der Waals surface area contributed by atoms with E-state index >= 15 is 0 Å². The van der Waals surface area contributed by atoms with Crippen LogP contribution in [0.3, 0.4) is 0 Å². The van der Waals surface area contributed by atoms with E-state index in [1.54, 1.807) is 0 Å². The zero-order valence-corrected chi connectivity index (χ0v) is 2.63. The average Bonchev–Trinajstić information content (AvgIpc) is 1.41. The second-order valence-electron chi connectivity index (χ2n) is 0.447. The van der Waals surface area contributed by atoms with Gasteiger partial charge in [0.05, 0.1) is 12.4 Å². The van der Waals surface area contributed by atoms with Crippen molar-refractivity contribution < 1.29 is 0 Å². The lowest BCUT2D eigenvalue weighted by Crippen LogP contribution is -1.81. The minimum Gasteiger partial charge on any atom is -0.323 e. The summed E-state index contributed by atoms with van der Waals surface area (Å²) in [7, 11) is 0. The molecule has 0 aliphatic rings. The van der Waals surface area contributed by atoms with Gasteiger partial charge < -0.3 is 5.84 Å². The third-order valence-corrected chi connectivity index (χ3v) is 0.153.